The minimum atomic E-state index is 0.316. The van der Waals surface area contributed by atoms with E-state index in [2.05, 4.69) is 45.9 Å². The monoisotopic (exact) mass is 246 g/mol. The van der Waals surface area contributed by atoms with E-state index in [-0.39, 0.29) is 0 Å². The van der Waals surface area contributed by atoms with Crippen LogP contribution in [0.15, 0.2) is 23.8 Å². The lowest BCUT2D eigenvalue weighted by Gasteiger charge is -2.31. The highest BCUT2D eigenvalue weighted by molar-refractivity contribution is 5.28. The lowest BCUT2D eigenvalue weighted by atomic mass is 9.75. The number of rotatable bonds is 2. The first-order valence-electron chi connectivity index (χ1n) is 7.84. The second-order valence-corrected chi connectivity index (χ2v) is 7.63. The van der Waals surface area contributed by atoms with Crippen LogP contribution in [0.3, 0.4) is 0 Å². The molecule has 2 aliphatic rings. The number of hydrogen-bond donors (Lipinski definition) is 0. The van der Waals surface area contributed by atoms with Gasteiger partial charge in [0.1, 0.15) is 0 Å². The van der Waals surface area contributed by atoms with Gasteiger partial charge in [0.15, 0.2) is 0 Å². The van der Waals surface area contributed by atoms with E-state index in [0.717, 1.165) is 17.8 Å². The van der Waals surface area contributed by atoms with Gasteiger partial charge < -0.3 is 0 Å². The van der Waals surface area contributed by atoms with Crippen molar-refractivity contribution < 1.29 is 0 Å². The largest absolute Gasteiger partial charge is 0.0837 e. The molecule has 18 heavy (non-hydrogen) atoms. The van der Waals surface area contributed by atoms with Crippen molar-refractivity contribution in [3.05, 3.63) is 23.8 Å². The summed E-state index contributed by atoms with van der Waals surface area (Å²) in [7, 11) is 0. The van der Waals surface area contributed by atoms with E-state index in [1.165, 1.54) is 38.5 Å². The van der Waals surface area contributed by atoms with Crippen molar-refractivity contribution in [3.8, 4) is 0 Å². The van der Waals surface area contributed by atoms with E-state index in [0.29, 0.717) is 5.41 Å². The Morgan fingerprint density at radius 1 is 1.11 bits per heavy atom. The molecule has 0 N–H and O–H groups in total. The summed E-state index contributed by atoms with van der Waals surface area (Å²) in [6.45, 7) is 9.40. The molecule has 0 heteroatoms. The van der Waals surface area contributed by atoms with Crippen LogP contribution < -0.4 is 0 Å². The van der Waals surface area contributed by atoms with Crippen LogP contribution in [0.5, 0.6) is 0 Å². The molecule has 0 bridgehead atoms. The molecule has 0 radical (unpaired) electrons. The van der Waals surface area contributed by atoms with Crippen molar-refractivity contribution in [2.24, 2.45) is 23.2 Å². The lowest BCUT2D eigenvalue weighted by molar-refractivity contribution is 0.257. The van der Waals surface area contributed by atoms with Crippen LogP contribution in [0, 0.1) is 23.2 Å². The van der Waals surface area contributed by atoms with Crippen molar-refractivity contribution in [3.63, 3.8) is 0 Å². The molecular formula is C18H30. The van der Waals surface area contributed by atoms with Crippen molar-refractivity contribution in [1.82, 2.24) is 0 Å². The summed E-state index contributed by atoms with van der Waals surface area (Å²) in [6.07, 6.45) is 15.9. The van der Waals surface area contributed by atoms with E-state index < -0.39 is 0 Å². The topological polar surface area (TPSA) is 0 Å². The Bertz CT molecular complexity index is 318. The van der Waals surface area contributed by atoms with Gasteiger partial charge in [0.2, 0.25) is 0 Å². The Morgan fingerprint density at radius 2 is 1.78 bits per heavy atom. The Balaban J connectivity index is 1.91. The molecule has 0 aromatic carbocycles. The van der Waals surface area contributed by atoms with Gasteiger partial charge in [-0.1, -0.05) is 71.6 Å². The molecule has 0 nitrogen and oxygen atoms in total. The van der Waals surface area contributed by atoms with Gasteiger partial charge in [-0.25, -0.2) is 0 Å². The molecule has 0 aliphatic heterocycles. The third-order valence-electron chi connectivity index (χ3n) is 4.79. The lowest BCUT2D eigenvalue weighted by Crippen LogP contribution is -2.17. The molecule has 1 unspecified atom stereocenters. The fraction of sp³-hybridized carbons (Fsp3) is 0.778. The summed E-state index contributed by atoms with van der Waals surface area (Å²) >= 11 is 0. The van der Waals surface area contributed by atoms with Crippen LogP contribution in [0.4, 0.5) is 0 Å². The number of hydrogen-bond acceptors (Lipinski definition) is 0. The normalized spacial score (nSPS) is 33.3. The van der Waals surface area contributed by atoms with Gasteiger partial charge in [-0.05, 0) is 41.6 Å². The standard InChI is InChI=1S/C18H30/c1-14-8-10-15(11-9-14)12-16-6-5-7-17(13-16)18(2,3)4/h5,7,13-16H,6,8-12H2,1-4H3. The SMILES string of the molecule is CC1CCC(CC2C=C(C(C)(C)C)C=CC2)CC1. The first kappa shape index (κ1) is 13.9. The van der Waals surface area contributed by atoms with Gasteiger partial charge in [-0.2, -0.15) is 0 Å². The summed E-state index contributed by atoms with van der Waals surface area (Å²) in [5.74, 6) is 2.78. The molecule has 0 aromatic heterocycles. The summed E-state index contributed by atoms with van der Waals surface area (Å²) in [6, 6.07) is 0. The average molecular weight is 246 g/mol. The zero-order valence-corrected chi connectivity index (χ0v) is 12.7. The predicted molar refractivity (Wildman–Crippen MR) is 80.5 cm³/mol. The van der Waals surface area contributed by atoms with Crippen molar-refractivity contribution in [1.29, 1.82) is 0 Å². The van der Waals surface area contributed by atoms with Crippen molar-refractivity contribution in [2.75, 3.05) is 0 Å². The van der Waals surface area contributed by atoms with Gasteiger partial charge in [0.05, 0.1) is 0 Å². The fourth-order valence-corrected chi connectivity index (χ4v) is 3.40. The summed E-state index contributed by atoms with van der Waals surface area (Å²) in [5.41, 5.74) is 1.86. The quantitative estimate of drug-likeness (QED) is 0.582. The van der Waals surface area contributed by atoms with E-state index >= 15 is 0 Å². The molecule has 2 aliphatic carbocycles. The molecule has 0 amide bonds. The molecule has 102 valence electrons. The van der Waals surface area contributed by atoms with Crippen LogP contribution in [-0.2, 0) is 0 Å². The molecule has 1 saturated carbocycles. The highest BCUT2D eigenvalue weighted by atomic mass is 14.3. The Kier molecular flexibility index (Phi) is 4.35. The maximum Gasteiger partial charge on any atom is -0.0135 e. The van der Waals surface area contributed by atoms with Crippen LogP contribution in [0.2, 0.25) is 0 Å². The Hall–Kier alpha value is -0.520. The third kappa shape index (κ3) is 3.73. The molecular weight excluding hydrogens is 216 g/mol. The van der Waals surface area contributed by atoms with Crippen molar-refractivity contribution in [2.45, 2.75) is 66.2 Å². The molecule has 1 atom stereocenters. The maximum atomic E-state index is 2.57. The Labute approximate surface area is 114 Å². The van der Waals surface area contributed by atoms with Gasteiger partial charge in [-0.15, -0.1) is 0 Å². The zero-order chi connectivity index (χ0) is 13.2. The smallest absolute Gasteiger partial charge is 0.0135 e. The van der Waals surface area contributed by atoms with Crippen LogP contribution in [-0.4, -0.2) is 0 Å². The first-order chi connectivity index (χ1) is 8.45. The summed E-state index contributed by atoms with van der Waals surface area (Å²) in [5, 5.41) is 0. The van der Waals surface area contributed by atoms with E-state index in [1.807, 2.05) is 0 Å². The first-order valence-corrected chi connectivity index (χ1v) is 7.84. The van der Waals surface area contributed by atoms with E-state index in [1.54, 1.807) is 5.57 Å². The van der Waals surface area contributed by atoms with Crippen LogP contribution in [0.25, 0.3) is 0 Å². The molecule has 0 saturated heterocycles. The van der Waals surface area contributed by atoms with Crippen molar-refractivity contribution >= 4 is 0 Å². The van der Waals surface area contributed by atoms with E-state index in [9.17, 15) is 0 Å². The molecule has 0 heterocycles. The second-order valence-electron chi connectivity index (χ2n) is 7.63. The van der Waals surface area contributed by atoms with E-state index in [4.69, 9.17) is 0 Å². The predicted octanol–water partition coefficient (Wildman–Crippen LogP) is 5.75. The molecule has 1 fully saturated rings. The van der Waals surface area contributed by atoms with Gasteiger partial charge in [0, 0.05) is 0 Å². The third-order valence-corrected chi connectivity index (χ3v) is 4.79. The average Bonchev–Trinajstić information content (AvgIpc) is 2.31. The highest BCUT2D eigenvalue weighted by Gasteiger charge is 2.23. The molecule has 2 rings (SSSR count). The highest BCUT2D eigenvalue weighted by Crippen LogP contribution is 2.37. The zero-order valence-electron chi connectivity index (χ0n) is 12.7. The second kappa shape index (κ2) is 5.63. The maximum absolute atomic E-state index is 2.57. The van der Waals surface area contributed by atoms with Gasteiger partial charge in [-0.3, -0.25) is 0 Å². The Morgan fingerprint density at radius 3 is 2.39 bits per heavy atom. The molecule has 0 spiro atoms. The number of allylic oxidation sites excluding steroid dienone is 4. The minimum absolute atomic E-state index is 0.316. The summed E-state index contributed by atoms with van der Waals surface area (Å²) < 4.78 is 0. The van der Waals surface area contributed by atoms with Crippen LogP contribution >= 0.6 is 0 Å². The fourth-order valence-electron chi connectivity index (χ4n) is 3.40. The minimum Gasteiger partial charge on any atom is -0.0837 e. The van der Waals surface area contributed by atoms with Gasteiger partial charge >= 0.3 is 0 Å². The van der Waals surface area contributed by atoms with Crippen LogP contribution in [0.1, 0.15) is 66.2 Å². The molecule has 0 aromatic rings. The van der Waals surface area contributed by atoms with Gasteiger partial charge in [0.25, 0.3) is 0 Å². The summed E-state index contributed by atoms with van der Waals surface area (Å²) in [4.78, 5) is 0.